The van der Waals surface area contributed by atoms with Crippen molar-refractivity contribution in [1.82, 2.24) is 9.88 Å². The molecule has 1 aliphatic rings. The predicted molar refractivity (Wildman–Crippen MR) is 67.7 cm³/mol. The number of aromatic nitrogens is 1. The molecule has 0 radical (unpaired) electrons. The summed E-state index contributed by atoms with van der Waals surface area (Å²) in [5, 5.41) is 0. The maximum atomic E-state index is 5.86. The number of rotatable bonds is 5. The Morgan fingerprint density at radius 2 is 2.25 bits per heavy atom. The van der Waals surface area contributed by atoms with Gasteiger partial charge in [-0.2, -0.15) is 0 Å². The van der Waals surface area contributed by atoms with Gasteiger partial charge in [-0.25, -0.2) is 0 Å². The van der Waals surface area contributed by atoms with E-state index in [4.69, 9.17) is 11.6 Å². The number of nitrogens with zero attached hydrogens (tertiary/aromatic N) is 2. The van der Waals surface area contributed by atoms with Crippen LogP contribution in [0.15, 0.2) is 18.5 Å². The van der Waals surface area contributed by atoms with Gasteiger partial charge in [-0.3, -0.25) is 9.88 Å². The fourth-order valence-electron chi connectivity index (χ4n) is 2.19. The molecule has 1 aromatic rings. The standard InChI is InChI=1S/C13H19ClN2/c1-11-7-12(9-15-8-11)10-16(6-5-14)13-3-2-4-13/h7-9,13H,2-6,10H2,1H3. The molecular formula is C13H19ClN2. The number of pyridine rings is 1. The first-order valence-corrected chi connectivity index (χ1v) is 6.53. The molecule has 0 amide bonds. The van der Waals surface area contributed by atoms with Gasteiger partial charge in [-0.1, -0.05) is 12.5 Å². The molecule has 1 aliphatic carbocycles. The zero-order valence-electron chi connectivity index (χ0n) is 9.82. The number of halogens is 1. The molecule has 1 fully saturated rings. The van der Waals surface area contributed by atoms with Gasteiger partial charge in [0.15, 0.2) is 0 Å². The highest BCUT2D eigenvalue weighted by molar-refractivity contribution is 6.18. The first-order chi connectivity index (χ1) is 7.79. The summed E-state index contributed by atoms with van der Waals surface area (Å²) in [7, 11) is 0. The Hall–Kier alpha value is -0.600. The summed E-state index contributed by atoms with van der Waals surface area (Å²) in [6.07, 6.45) is 7.90. The van der Waals surface area contributed by atoms with Crippen molar-refractivity contribution >= 4 is 11.6 Å². The first kappa shape index (κ1) is 11.9. The highest BCUT2D eigenvalue weighted by Crippen LogP contribution is 2.26. The summed E-state index contributed by atoms with van der Waals surface area (Å²) in [6.45, 7) is 4.07. The van der Waals surface area contributed by atoms with Gasteiger partial charge in [0, 0.05) is 37.4 Å². The summed E-state index contributed by atoms with van der Waals surface area (Å²) in [5.74, 6) is 0.718. The number of aryl methyl sites for hydroxylation is 1. The Labute approximate surface area is 103 Å². The minimum Gasteiger partial charge on any atom is -0.295 e. The SMILES string of the molecule is Cc1cncc(CN(CCCl)C2CCC2)c1. The van der Waals surface area contributed by atoms with E-state index in [2.05, 4.69) is 22.9 Å². The van der Waals surface area contributed by atoms with Crippen LogP contribution in [0.4, 0.5) is 0 Å². The lowest BCUT2D eigenvalue weighted by Crippen LogP contribution is -2.40. The van der Waals surface area contributed by atoms with E-state index < -0.39 is 0 Å². The summed E-state index contributed by atoms with van der Waals surface area (Å²) in [5.41, 5.74) is 2.54. The van der Waals surface area contributed by atoms with E-state index in [1.807, 2.05) is 12.4 Å². The van der Waals surface area contributed by atoms with Gasteiger partial charge in [-0.15, -0.1) is 11.6 Å². The smallest absolute Gasteiger partial charge is 0.0351 e. The van der Waals surface area contributed by atoms with Crippen LogP contribution in [0.5, 0.6) is 0 Å². The van der Waals surface area contributed by atoms with Gasteiger partial charge in [0.25, 0.3) is 0 Å². The third kappa shape index (κ3) is 2.96. The molecule has 2 nitrogen and oxygen atoms in total. The molecule has 2 rings (SSSR count). The van der Waals surface area contributed by atoms with E-state index >= 15 is 0 Å². The Morgan fingerprint density at radius 1 is 1.44 bits per heavy atom. The van der Waals surface area contributed by atoms with Gasteiger partial charge in [-0.05, 0) is 30.9 Å². The van der Waals surface area contributed by atoms with Gasteiger partial charge >= 0.3 is 0 Å². The zero-order chi connectivity index (χ0) is 11.4. The lowest BCUT2D eigenvalue weighted by Gasteiger charge is -2.37. The lowest BCUT2D eigenvalue weighted by molar-refractivity contribution is 0.127. The number of alkyl halides is 1. The molecule has 0 bridgehead atoms. The Morgan fingerprint density at radius 3 is 2.81 bits per heavy atom. The van der Waals surface area contributed by atoms with Gasteiger partial charge in [0.2, 0.25) is 0 Å². The van der Waals surface area contributed by atoms with Crippen LogP contribution in [0, 0.1) is 6.92 Å². The van der Waals surface area contributed by atoms with Crippen molar-refractivity contribution in [2.45, 2.75) is 38.8 Å². The van der Waals surface area contributed by atoms with Crippen LogP contribution in [0.25, 0.3) is 0 Å². The second kappa shape index (κ2) is 5.65. The average molecular weight is 239 g/mol. The van der Waals surface area contributed by atoms with Crippen LogP contribution in [-0.4, -0.2) is 28.4 Å². The van der Waals surface area contributed by atoms with Crippen molar-refractivity contribution in [2.24, 2.45) is 0 Å². The van der Waals surface area contributed by atoms with Crippen LogP contribution in [0.1, 0.15) is 30.4 Å². The van der Waals surface area contributed by atoms with Crippen LogP contribution >= 0.6 is 11.6 Å². The first-order valence-electron chi connectivity index (χ1n) is 6.00. The van der Waals surface area contributed by atoms with E-state index in [1.54, 1.807) is 0 Å². The maximum absolute atomic E-state index is 5.86. The second-order valence-electron chi connectivity index (χ2n) is 4.61. The summed E-state index contributed by atoms with van der Waals surface area (Å²) < 4.78 is 0. The average Bonchev–Trinajstić information content (AvgIpc) is 2.15. The fourth-order valence-corrected chi connectivity index (χ4v) is 2.41. The number of hydrogen-bond acceptors (Lipinski definition) is 2. The van der Waals surface area contributed by atoms with E-state index in [-0.39, 0.29) is 0 Å². The normalized spacial score (nSPS) is 16.4. The fraction of sp³-hybridized carbons (Fsp3) is 0.615. The molecule has 88 valence electrons. The van der Waals surface area contributed by atoms with Crippen LogP contribution in [0.3, 0.4) is 0 Å². The Bertz CT molecular complexity index is 336. The van der Waals surface area contributed by atoms with Crippen molar-refractivity contribution in [3.05, 3.63) is 29.6 Å². The molecule has 0 aromatic carbocycles. The number of hydrogen-bond donors (Lipinski definition) is 0. The third-order valence-electron chi connectivity index (χ3n) is 3.28. The van der Waals surface area contributed by atoms with Gasteiger partial charge < -0.3 is 0 Å². The highest BCUT2D eigenvalue weighted by atomic mass is 35.5. The topological polar surface area (TPSA) is 16.1 Å². The highest BCUT2D eigenvalue weighted by Gasteiger charge is 2.24. The molecule has 3 heteroatoms. The van der Waals surface area contributed by atoms with Gasteiger partial charge in [0.1, 0.15) is 0 Å². The summed E-state index contributed by atoms with van der Waals surface area (Å²) in [6, 6.07) is 2.96. The minimum atomic E-state index is 0.718. The summed E-state index contributed by atoms with van der Waals surface area (Å²) in [4.78, 5) is 6.73. The molecule has 16 heavy (non-hydrogen) atoms. The largest absolute Gasteiger partial charge is 0.295 e. The molecule has 0 N–H and O–H groups in total. The molecule has 0 saturated heterocycles. The molecule has 1 saturated carbocycles. The molecule has 0 spiro atoms. The molecular weight excluding hydrogens is 220 g/mol. The van der Waals surface area contributed by atoms with Crippen LogP contribution < -0.4 is 0 Å². The predicted octanol–water partition coefficient (Wildman–Crippen LogP) is 2.98. The van der Waals surface area contributed by atoms with Crippen molar-refractivity contribution in [3.63, 3.8) is 0 Å². The van der Waals surface area contributed by atoms with E-state index in [0.717, 1.165) is 25.0 Å². The van der Waals surface area contributed by atoms with E-state index in [0.29, 0.717) is 0 Å². The summed E-state index contributed by atoms with van der Waals surface area (Å²) >= 11 is 5.86. The van der Waals surface area contributed by atoms with Crippen molar-refractivity contribution in [2.75, 3.05) is 12.4 Å². The van der Waals surface area contributed by atoms with Crippen LogP contribution in [0.2, 0.25) is 0 Å². The zero-order valence-corrected chi connectivity index (χ0v) is 10.6. The second-order valence-corrected chi connectivity index (χ2v) is 4.99. The quantitative estimate of drug-likeness (QED) is 0.734. The van der Waals surface area contributed by atoms with E-state index in [9.17, 15) is 0 Å². The van der Waals surface area contributed by atoms with E-state index in [1.165, 1.54) is 30.4 Å². The molecule has 0 unspecified atom stereocenters. The lowest BCUT2D eigenvalue weighted by atomic mass is 9.91. The van der Waals surface area contributed by atoms with Crippen molar-refractivity contribution < 1.29 is 0 Å². The Balaban J connectivity index is 1.98. The van der Waals surface area contributed by atoms with Crippen LogP contribution in [-0.2, 0) is 6.54 Å². The van der Waals surface area contributed by atoms with Crippen molar-refractivity contribution in [1.29, 1.82) is 0 Å². The van der Waals surface area contributed by atoms with Gasteiger partial charge in [0.05, 0.1) is 0 Å². The third-order valence-corrected chi connectivity index (χ3v) is 3.45. The monoisotopic (exact) mass is 238 g/mol. The van der Waals surface area contributed by atoms with Crippen molar-refractivity contribution in [3.8, 4) is 0 Å². The Kier molecular flexibility index (Phi) is 4.19. The molecule has 1 heterocycles. The molecule has 0 aliphatic heterocycles. The molecule has 0 atom stereocenters. The maximum Gasteiger partial charge on any atom is 0.0351 e. The molecule has 1 aromatic heterocycles. The minimum absolute atomic E-state index is 0.718.